The van der Waals surface area contributed by atoms with Gasteiger partial charge in [0.25, 0.3) is 0 Å². The Morgan fingerprint density at radius 2 is 2.00 bits per heavy atom. The largest absolute Gasteiger partial charge is 0.376 e. The molecule has 2 fully saturated rings. The van der Waals surface area contributed by atoms with Gasteiger partial charge in [-0.3, -0.25) is 0 Å². The van der Waals surface area contributed by atoms with Crippen LogP contribution in [0.25, 0.3) is 0 Å². The summed E-state index contributed by atoms with van der Waals surface area (Å²) in [5, 5.41) is 0. The van der Waals surface area contributed by atoms with E-state index in [4.69, 9.17) is 9.47 Å². The predicted molar refractivity (Wildman–Crippen MR) is 84.8 cm³/mol. The lowest BCUT2D eigenvalue weighted by Gasteiger charge is -2.42. The number of hydrogen-bond donors (Lipinski definition) is 0. The van der Waals surface area contributed by atoms with Gasteiger partial charge < -0.3 is 14.4 Å². The first-order valence-electron chi connectivity index (χ1n) is 7.76. The molecular formula is C14H22N4O4S. The van der Waals surface area contributed by atoms with E-state index in [1.165, 1.54) is 4.31 Å². The number of aromatic nitrogens is 2. The Morgan fingerprint density at radius 1 is 1.22 bits per heavy atom. The van der Waals surface area contributed by atoms with E-state index in [0.717, 1.165) is 0 Å². The van der Waals surface area contributed by atoms with Gasteiger partial charge >= 0.3 is 0 Å². The van der Waals surface area contributed by atoms with Crippen LogP contribution in [0, 0.1) is 0 Å². The van der Waals surface area contributed by atoms with Crippen LogP contribution in [0.5, 0.6) is 0 Å². The molecule has 9 heteroatoms. The molecule has 0 radical (unpaired) electrons. The molecule has 0 amide bonds. The number of ether oxygens (including phenoxy) is 2. The summed E-state index contributed by atoms with van der Waals surface area (Å²) in [7, 11) is -3.24. The first kappa shape index (κ1) is 16.6. The Balaban J connectivity index is 1.82. The summed E-state index contributed by atoms with van der Waals surface area (Å²) in [6.45, 7) is 4.77. The van der Waals surface area contributed by atoms with Crippen molar-refractivity contribution in [3.63, 3.8) is 0 Å². The molecule has 3 rings (SSSR count). The number of hydrogen-bond acceptors (Lipinski definition) is 7. The molecule has 2 aliphatic heterocycles. The van der Waals surface area contributed by atoms with Crippen molar-refractivity contribution in [2.45, 2.75) is 12.5 Å². The fourth-order valence-electron chi connectivity index (χ4n) is 2.94. The van der Waals surface area contributed by atoms with Crippen molar-refractivity contribution < 1.29 is 17.9 Å². The Hall–Kier alpha value is -1.29. The van der Waals surface area contributed by atoms with Gasteiger partial charge in [0.05, 0.1) is 32.1 Å². The first-order chi connectivity index (χ1) is 11.0. The molecule has 3 heterocycles. The molecule has 2 saturated heterocycles. The van der Waals surface area contributed by atoms with Crippen molar-refractivity contribution in [3.8, 4) is 0 Å². The zero-order valence-electron chi connectivity index (χ0n) is 13.2. The van der Waals surface area contributed by atoms with Crippen molar-refractivity contribution in [2.75, 3.05) is 56.7 Å². The monoisotopic (exact) mass is 342 g/mol. The van der Waals surface area contributed by atoms with Gasteiger partial charge in [-0.2, -0.15) is 4.31 Å². The van der Waals surface area contributed by atoms with Crippen molar-refractivity contribution in [2.24, 2.45) is 0 Å². The molecular weight excluding hydrogens is 320 g/mol. The number of anilines is 1. The van der Waals surface area contributed by atoms with E-state index >= 15 is 0 Å². The molecule has 0 aliphatic carbocycles. The van der Waals surface area contributed by atoms with Gasteiger partial charge in [-0.05, 0) is 13.0 Å². The highest BCUT2D eigenvalue weighted by Crippen LogP contribution is 2.25. The fourth-order valence-corrected chi connectivity index (χ4v) is 4.09. The maximum Gasteiger partial charge on any atom is 0.225 e. The molecule has 1 aromatic rings. The minimum atomic E-state index is -3.24. The third kappa shape index (κ3) is 3.63. The lowest BCUT2D eigenvalue weighted by atomic mass is 10.0. The normalized spacial score (nSPS) is 27.1. The van der Waals surface area contributed by atoms with Crippen LogP contribution in [0.2, 0.25) is 0 Å². The maximum atomic E-state index is 12.2. The van der Waals surface area contributed by atoms with Crippen LogP contribution in [-0.4, -0.2) is 80.0 Å². The Kier molecular flexibility index (Phi) is 4.81. The van der Waals surface area contributed by atoms with Gasteiger partial charge in [-0.1, -0.05) is 0 Å². The Labute approximate surface area is 136 Å². The summed E-state index contributed by atoms with van der Waals surface area (Å²) in [5.41, 5.74) is -0.684. The summed E-state index contributed by atoms with van der Waals surface area (Å²) in [4.78, 5) is 10.6. The Morgan fingerprint density at radius 3 is 2.74 bits per heavy atom. The summed E-state index contributed by atoms with van der Waals surface area (Å²) < 4.78 is 37.6. The summed E-state index contributed by atoms with van der Waals surface area (Å²) in [6, 6.07) is 1.76. The fraction of sp³-hybridized carbons (Fsp3) is 0.714. The van der Waals surface area contributed by atoms with Crippen LogP contribution in [0.4, 0.5) is 5.95 Å². The quantitative estimate of drug-likeness (QED) is 0.748. The highest BCUT2D eigenvalue weighted by Gasteiger charge is 2.43. The van der Waals surface area contributed by atoms with Crippen LogP contribution >= 0.6 is 0 Å². The molecule has 1 spiro atoms. The second-order valence-electron chi connectivity index (χ2n) is 5.79. The lowest BCUT2D eigenvalue weighted by Crippen LogP contribution is -2.60. The molecule has 8 nitrogen and oxygen atoms in total. The second kappa shape index (κ2) is 6.68. The zero-order valence-corrected chi connectivity index (χ0v) is 14.0. The van der Waals surface area contributed by atoms with Gasteiger partial charge in [-0.15, -0.1) is 0 Å². The van der Waals surface area contributed by atoms with Crippen LogP contribution < -0.4 is 4.90 Å². The van der Waals surface area contributed by atoms with E-state index in [0.29, 0.717) is 51.9 Å². The van der Waals surface area contributed by atoms with Gasteiger partial charge in [0, 0.05) is 32.0 Å². The van der Waals surface area contributed by atoms with Crippen molar-refractivity contribution in [1.29, 1.82) is 0 Å². The highest BCUT2D eigenvalue weighted by atomic mass is 32.2. The number of morpholine rings is 1. The zero-order chi connectivity index (χ0) is 16.3. The van der Waals surface area contributed by atoms with E-state index in [2.05, 4.69) is 9.97 Å². The van der Waals surface area contributed by atoms with Gasteiger partial charge in [0.15, 0.2) is 0 Å². The second-order valence-corrected chi connectivity index (χ2v) is 8.05. The van der Waals surface area contributed by atoms with Crippen LogP contribution in [0.1, 0.15) is 6.92 Å². The summed E-state index contributed by atoms with van der Waals surface area (Å²) in [6.07, 6.45) is 3.38. The topological polar surface area (TPSA) is 84.9 Å². The third-order valence-electron chi connectivity index (χ3n) is 4.16. The van der Waals surface area contributed by atoms with Crippen molar-refractivity contribution >= 4 is 16.0 Å². The van der Waals surface area contributed by atoms with E-state index in [9.17, 15) is 8.42 Å². The standard InChI is InChI=1S/C14H22N4O4S/c1-2-23(19,20)18-7-9-22-14(11-18)10-17(6-8-21-12-14)13-15-4-3-5-16-13/h3-5H,2,6-12H2,1H3. The summed E-state index contributed by atoms with van der Waals surface area (Å²) in [5.74, 6) is 0.701. The molecule has 0 N–H and O–H groups in total. The number of nitrogens with zero attached hydrogens (tertiary/aromatic N) is 4. The van der Waals surface area contributed by atoms with Crippen molar-refractivity contribution in [3.05, 3.63) is 18.5 Å². The lowest BCUT2D eigenvalue weighted by molar-refractivity contribution is -0.116. The van der Waals surface area contributed by atoms with Crippen LogP contribution in [0.3, 0.4) is 0 Å². The minimum Gasteiger partial charge on any atom is -0.376 e. The van der Waals surface area contributed by atoms with E-state index in [1.807, 2.05) is 4.90 Å². The van der Waals surface area contributed by atoms with Gasteiger partial charge in [-0.25, -0.2) is 18.4 Å². The van der Waals surface area contributed by atoms with Crippen LogP contribution in [0.15, 0.2) is 18.5 Å². The molecule has 1 atom stereocenters. The smallest absolute Gasteiger partial charge is 0.225 e. The number of sulfonamides is 1. The molecule has 0 aromatic carbocycles. The van der Waals surface area contributed by atoms with Gasteiger partial charge in [0.1, 0.15) is 5.60 Å². The number of rotatable bonds is 3. The van der Waals surface area contributed by atoms with E-state index in [1.54, 1.807) is 25.4 Å². The highest BCUT2D eigenvalue weighted by molar-refractivity contribution is 7.89. The summed E-state index contributed by atoms with van der Waals surface area (Å²) >= 11 is 0. The van der Waals surface area contributed by atoms with E-state index in [-0.39, 0.29) is 5.75 Å². The predicted octanol–water partition coefficient (Wildman–Crippen LogP) is -0.266. The van der Waals surface area contributed by atoms with Crippen LogP contribution in [-0.2, 0) is 19.5 Å². The van der Waals surface area contributed by atoms with Gasteiger partial charge in [0.2, 0.25) is 16.0 Å². The molecule has 1 aromatic heterocycles. The molecule has 1 unspecified atom stereocenters. The first-order valence-corrected chi connectivity index (χ1v) is 9.37. The molecule has 0 saturated carbocycles. The third-order valence-corrected chi connectivity index (χ3v) is 5.98. The molecule has 23 heavy (non-hydrogen) atoms. The average molecular weight is 342 g/mol. The molecule has 2 aliphatic rings. The Bertz CT molecular complexity index is 627. The molecule has 0 bridgehead atoms. The average Bonchev–Trinajstić information content (AvgIpc) is 2.78. The maximum absolute atomic E-state index is 12.2. The molecule has 128 valence electrons. The SMILES string of the molecule is CCS(=O)(=O)N1CCOC2(COCCN(c3ncccn3)C2)C1. The van der Waals surface area contributed by atoms with Crippen molar-refractivity contribution in [1.82, 2.24) is 14.3 Å². The van der Waals surface area contributed by atoms with E-state index < -0.39 is 15.6 Å². The minimum absolute atomic E-state index is 0.0927.